The fourth-order valence-electron chi connectivity index (χ4n) is 0. The molecule has 0 bridgehead atoms. The number of rotatable bonds is 0. The summed E-state index contributed by atoms with van der Waals surface area (Å²) in [5.74, 6) is 0. The molecule has 0 saturated carbocycles. The molecule has 0 aromatic heterocycles. The largest absolute Gasteiger partial charge is 3.00 e. The molecule has 0 aromatic carbocycles. The van der Waals surface area contributed by atoms with E-state index in [1.165, 1.54) is 0 Å². The maximum atomic E-state index is 8.88. The third-order valence-corrected chi connectivity index (χ3v) is 0. The van der Waals surface area contributed by atoms with E-state index in [0.29, 0.717) is 0 Å². The van der Waals surface area contributed by atoms with E-state index >= 15 is 0 Å². The van der Waals surface area contributed by atoms with Gasteiger partial charge in [-0.15, -0.1) is 0 Å². The number of hydrogen-bond donors (Lipinski definition) is 9. The molecule has 28 heavy (non-hydrogen) atoms. The van der Waals surface area contributed by atoms with Crippen molar-refractivity contribution in [2.75, 3.05) is 0 Å². The predicted molar refractivity (Wildman–Crippen MR) is 46.9 cm³/mol. The Bertz CT molecular complexity index is 532. The molecule has 0 saturated heterocycles. The zero-order chi connectivity index (χ0) is 24.2. The zero-order valence-electron chi connectivity index (χ0n) is 12.2. The van der Waals surface area contributed by atoms with Gasteiger partial charge in [-0.3, -0.25) is 0 Å². The first-order valence-corrected chi connectivity index (χ1v) is 13.8. The molecule has 28 heteroatoms. The van der Waals surface area contributed by atoms with Crippen LogP contribution in [0, 0.1) is 0 Å². The van der Waals surface area contributed by atoms with Gasteiger partial charge < -0.3 is 44.0 Å². The maximum Gasteiger partial charge on any atom is 3.00 e. The second-order valence-electron chi connectivity index (χ2n) is 2.21. The Morgan fingerprint density at radius 3 is 0.429 bits per heavy atom. The molecule has 9 N–H and O–H groups in total. The molecule has 0 heterocycles. The van der Waals surface area contributed by atoms with E-state index < -0.39 is 69.7 Å². The number of hydrogen-bond acceptors (Lipinski definition) is 12. The van der Waals surface area contributed by atoms with Crippen LogP contribution in [-0.2, 0) is 115 Å². The van der Waals surface area contributed by atoms with Crippen LogP contribution >= 0.6 is 23.5 Å². The van der Waals surface area contributed by atoms with Gasteiger partial charge in [-0.1, -0.05) is 0 Å². The van der Waals surface area contributed by atoms with Gasteiger partial charge in [0.05, 0.1) is 0 Å². The summed E-state index contributed by atoms with van der Waals surface area (Å²) in [6, 6.07) is 0. The van der Waals surface area contributed by atoms with Crippen molar-refractivity contribution in [2.45, 2.75) is 0 Å². The Morgan fingerprint density at radius 1 is 0.429 bits per heavy atom. The zero-order valence-corrected chi connectivity index (χ0v) is 21.9. The molecule has 0 radical (unpaired) electrons. The first-order chi connectivity index (χ1) is 11.2. The second kappa shape index (κ2) is 26.9. The molecule has 0 amide bonds. The van der Waals surface area contributed by atoms with Crippen molar-refractivity contribution < 1.29 is 171 Å². The Morgan fingerprint density at radius 2 is 0.429 bits per heavy atom. The van der Waals surface area contributed by atoms with Crippen molar-refractivity contribution in [3.63, 3.8) is 0 Å². The summed E-state index contributed by atoms with van der Waals surface area (Å²) in [6.07, 6.45) is 0. The quantitative estimate of drug-likeness (QED) is 0.107. The molecular formula is H9O21P3V3Y. The summed E-state index contributed by atoms with van der Waals surface area (Å²) in [4.78, 5) is 64.7. The summed E-state index contributed by atoms with van der Waals surface area (Å²) in [5.41, 5.74) is 0. The Hall–Kier alpha value is 1.87. The van der Waals surface area contributed by atoms with E-state index in [1.54, 1.807) is 0 Å². The van der Waals surface area contributed by atoms with Crippen molar-refractivity contribution in [2.24, 2.45) is 0 Å². The standard InChI is InChI=1S/3H3O4P.9O.3V.Y/c3*1-5(2,3)4;;;;;;;;;;;;;/h3*(H3,1,2,3,4);;;;;;;;;;;;;/q;;;;;;;;;3*-1;;;;+3. The van der Waals surface area contributed by atoms with Crippen molar-refractivity contribution in [3.05, 3.63) is 0 Å². The molecule has 0 unspecified atom stereocenters. The molecule has 168 valence electrons. The minimum absolute atomic E-state index is 0. The van der Waals surface area contributed by atoms with Gasteiger partial charge in [-0.2, -0.15) is 0 Å². The molecule has 0 aliphatic carbocycles. The van der Waals surface area contributed by atoms with Gasteiger partial charge in [0.25, 0.3) is 0 Å². The first-order valence-electron chi connectivity index (χ1n) is 3.99. The Labute approximate surface area is 192 Å². The average molecular weight is 680 g/mol. The summed E-state index contributed by atoms with van der Waals surface area (Å²) in [6.45, 7) is 0. The molecule has 0 aliphatic rings. The topological polar surface area (TPSA) is 405 Å². The first kappa shape index (κ1) is 47.6. The van der Waals surface area contributed by atoms with Crippen LogP contribution in [0.5, 0.6) is 0 Å². The van der Waals surface area contributed by atoms with Crippen LogP contribution in [0.3, 0.4) is 0 Å². The van der Waals surface area contributed by atoms with Crippen LogP contribution in [0.4, 0.5) is 0 Å². The minimum atomic E-state index is -4.64. The summed E-state index contributed by atoms with van der Waals surface area (Å²) in [5, 5.41) is 0. The van der Waals surface area contributed by atoms with E-state index in [-0.39, 0.29) is 32.7 Å². The molecule has 0 atom stereocenters. The van der Waals surface area contributed by atoms with Gasteiger partial charge in [0.2, 0.25) is 0 Å². The van der Waals surface area contributed by atoms with E-state index in [9.17, 15) is 0 Å². The van der Waals surface area contributed by atoms with Gasteiger partial charge >= 0.3 is 137 Å². The van der Waals surface area contributed by atoms with Gasteiger partial charge in [0.1, 0.15) is 0 Å². The van der Waals surface area contributed by atoms with Gasteiger partial charge in [0, 0.05) is 0 Å². The van der Waals surface area contributed by atoms with Crippen molar-refractivity contribution in [1.82, 2.24) is 0 Å². The smallest absolute Gasteiger partial charge is 3.00 e. The fourth-order valence-corrected chi connectivity index (χ4v) is 0. The van der Waals surface area contributed by atoms with E-state index in [1.807, 2.05) is 0 Å². The molecule has 0 rings (SSSR count). The van der Waals surface area contributed by atoms with Gasteiger partial charge in [0.15, 0.2) is 0 Å². The summed E-state index contributed by atoms with van der Waals surface area (Å²) in [7, 11) is -13.9. The van der Waals surface area contributed by atoms with E-state index in [0.717, 1.165) is 0 Å². The Kier molecular flexibility index (Phi) is 45.7. The molecule has 0 fully saturated rings. The van der Waals surface area contributed by atoms with E-state index in [4.69, 9.17) is 91.9 Å². The molecule has 21 nitrogen and oxygen atoms in total. The normalized spacial score (nSPS) is 9.00. The van der Waals surface area contributed by atoms with Gasteiger partial charge in [-0.05, 0) is 0 Å². The molecule has 0 aliphatic heterocycles. The molecule has 0 aromatic rings. The van der Waals surface area contributed by atoms with Crippen molar-refractivity contribution in [1.29, 1.82) is 0 Å². The van der Waals surface area contributed by atoms with Crippen LogP contribution in [0.1, 0.15) is 0 Å². The van der Waals surface area contributed by atoms with E-state index in [2.05, 4.69) is 0 Å². The van der Waals surface area contributed by atoms with Crippen LogP contribution < -0.4 is 12.1 Å². The minimum Gasteiger partial charge on any atom is 3.00 e. The van der Waals surface area contributed by atoms with Crippen LogP contribution in [-0.4, -0.2) is 44.0 Å². The summed E-state index contributed by atoms with van der Waals surface area (Å²) >= 11 is -11.8. The van der Waals surface area contributed by atoms with Crippen LogP contribution in [0.25, 0.3) is 0 Å². The molecular weight excluding hydrogens is 671 g/mol. The third-order valence-electron chi connectivity index (χ3n) is 0. The average Bonchev–Trinajstić information content (AvgIpc) is 2.01. The van der Waals surface area contributed by atoms with Crippen molar-refractivity contribution >= 4 is 23.5 Å². The SMILES string of the molecule is O=P(O)(O)O.O=P(O)(O)O.O=P(O)(O)O.[O]=[V](=[O])[O-].[O]=[V](=[O])[O-].[O]=[V](=[O])[O-].[Y+3]. The fraction of sp³-hybridized carbons (Fsp3) is 0. The maximum absolute atomic E-state index is 8.88. The van der Waals surface area contributed by atoms with Gasteiger partial charge in [-0.25, -0.2) is 13.7 Å². The third kappa shape index (κ3) is 5770. The Balaban J connectivity index is -0.0000000377. The second-order valence-corrected chi connectivity index (χ2v) is 7.39. The predicted octanol–water partition coefficient (Wildman–Crippen LogP) is -7.08. The van der Waals surface area contributed by atoms with Crippen molar-refractivity contribution in [3.8, 4) is 0 Å². The monoisotopic (exact) mass is 680 g/mol. The van der Waals surface area contributed by atoms with Crippen LogP contribution in [0.15, 0.2) is 0 Å². The molecule has 0 spiro atoms. The number of phosphoric acid groups is 3. The van der Waals surface area contributed by atoms with Crippen LogP contribution in [0.2, 0.25) is 0 Å². The summed E-state index contributed by atoms with van der Waals surface area (Å²) < 4.78 is 104.